The van der Waals surface area contributed by atoms with Gasteiger partial charge in [-0.2, -0.15) is 0 Å². The molecule has 0 unspecified atom stereocenters. The maximum Gasteiger partial charge on any atom is 0.252 e. The topological polar surface area (TPSA) is 60.2 Å². The Morgan fingerprint density at radius 1 is 1.38 bits per heavy atom. The highest BCUT2D eigenvalue weighted by molar-refractivity contribution is 6.27. The van der Waals surface area contributed by atoms with Crippen molar-refractivity contribution < 1.29 is 9.59 Å². The fraction of sp³-hybridized carbons (Fsp3) is 0.400. The van der Waals surface area contributed by atoms with Gasteiger partial charge in [-0.25, -0.2) is 0 Å². The molecule has 1 rings (SSSR count). The fourth-order valence-corrected chi connectivity index (χ4v) is 1.50. The van der Waals surface area contributed by atoms with Gasteiger partial charge in [-0.15, -0.1) is 0 Å². The first kappa shape index (κ1) is 9.71. The normalized spacial score (nSPS) is 16.8. The van der Waals surface area contributed by atoms with Crippen LogP contribution >= 0.6 is 0 Å². The molecule has 0 heterocycles. The largest absolute Gasteiger partial charge is 0.365 e. The van der Waals surface area contributed by atoms with Crippen LogP contribution in [-0.4, -0.2) is 11.7 Å². The van der Waals surface area contributed by atoms with Crippen LogP contribution in [0.25, 0.3) is 0 Å². The van der Waals surface area contributed by atoms with Gasteiger partial charge in [-0.3, -0.25) is 9.59 Å². The second kappa shape index (κ2) is 3.17. The second-order valence-electron chi connectivity index (χ2n) is 3.50. The summed E-state index contributed by atoms with van der Waals surface area (Å²) in [7, 11) is 0. The Kier molecular flexibility index (Phi) is 2.36. The minimum Gasteiger partial charge on any atom is -0.365 e. The predicted molar refractivity (Wildman–Crippen MR) is 49.9 cm³/mol. The number of nitrogens with two attached hydrogens (primary N) is 1. The van der Waals surface area contributed by atoms with Crippen molar-refractivity contribution in [3.8, 4) is 0 Å². The summed E-state index contributed by atoms with van der Waals surface area (Å²) >= 11 is 0. The van der Waals surface area contributed by atoms with Crippen LogP contribution in [0.15, 0.2) is 22.3 Å². The molecule has 0 saturated heterocycles. The van der Waals surface area contributed by atoms with Crippen LogP contribution in [0.1, 0.15) is 27.2 Å². The molecular formula is C10H13NO2. The van der Waals surface area contributed by atoms with Gasteiger partial charge in [0.05, 0.1) is 5.57 Å². The van der Waals surface area contributed by atoms with Gasteiger partial charge in [0.15, 0.2) is 5.78 Å². The lowest BCUT2D eigenvalue weighted by Gasteiger charge is -1.98. The zero-order valence-electron chi connectivity index (χ0n) is 8.10. The van der Waals surface area contributed by atoms with Gasteiger partial charge in [0.2, 0.25) is 0 Å². The summed E-state index contributed by atoms with van der Waals surface area (Å²) in [6.07, 6.45) is 0.569. The summed E-state index contributed by atoms with van der Waals surface area (Å²) in [6, 6.07) is 0. The van der Waals surface area contributed by atoms with Gasteiger partial charge in [-0.1, -0.05) is 11.1 Å². The fourth-order valence-electron chi connectivity index (χ4n) is 1.50. The average Bonchev–Trinajstić information content (AvgIpc) is 2.26. The van der Waals surface area contributed by atoms with E-state index in [-0.39, 0.29) is 11.4 Å². The van der Waals surface area contributed by atoms with E-state index in [4.69, 9.17) is 5.73 Å². The molecule has 0 atom stereocenters. The van der Waals surface area contributed by atoms with Crippen LogP contribution in [0.3, 0.4) is 0 Å². The summed E-state index contributed by atoms with van der Waals surface area (Å²) in [4.78, 5) is 22.5. The molecular weight excluding hydrogens is 166 g/mol. The standard InChI is InChI=1S/C10H13NO2/c1-5(2)7-4-6(3)8(9(7)12)10(11)13/h4H2,1-3H3,(H2,11,13). The molecule has 0 aromatic rings. The molecule has 13 heavy (non-hydrogen) atoms. The summed E-state index contributed by atoms with van der Waals surface area (Å²) in [6.45, 7) is 5.50. The lowest BCUT2D eigenvalue weighted by Crippen LogP contribution is -2.19. The number of Topliss-reactive ketones (excluding diaryl/α,β-unsaturated/α-hetero) is 1. The highest BCUT2D eigenvalue weighted by atomic mass is 16.2. The molecule has 0 saturated carbocycles. The molecule has 3 heteroatoms. The first-order valence-corrected chi connectivity index (χ1v) is 4.15. The molecule has 1 aliphatic carbocycles. The van der Waals surface area contributed by atoms with E-state index < -0.39 is 5.91 Å². The molecule has 2 N–H and O–H groups in total. The minimum absolute atomic E-state index is 0.177. The van der Waals surface area contributed by atoms with Gasteiger partial charge in [0.1, 0.15) is 0 Å². The van der Waals surface area contributed by atoms with Crippen LogP contribution in [0, 0.1) is 0 Å². The summed E-state index contributed by atoms with van der Waals surface area (Å²) in [5, 5.41) is 0. The molecule has 3 nitrogen and oxygen atoms in total. The SMILES string of the molecule is CC(C)=C1CC(C)=C(C(N)=O)C1=O. The summed E-state index contributed by atoms with van der Waals surface area (Å²) < 4.78 is 0. The summed E-state index contributed by atoms with van der Waals surface area (Å²) in [5.41, 5.74) is 7.74. The number of primary amides is 1. The minimum atomic E-state index is -0.612. The Balaban J connectivity index is 3.16. The van der Waals surface area contributed by atoms with Crippen molar-refractivity contribution >= 4 is 11.7 Å². The number of allylic oxidation sites excluding steroid dienone is 3. The van der Waals surface area contributed by atoms with E-state index >= 15 is 0 Å². The van der Waals surface area contributed by atoms with Crippen molar-refractivity contribution in [3.05, 3.63) is 22.3 Å². The number of carbonyl (C=O) groups is 2. The van der Waals surface area contributed by atoms with Crippen LogP contribution in [0.2, 0.25) is 0 Å². The van der Waals surface area contributed by atoms with Crippen molar-refractivity contribution in [1.82, 2.24) is 0 Å². The van der Waals surface area contributed by atoms with Gasteiger partial charge in [0.25, 0.3) is 5.91 Å². The van der Waals surface area contributed by atoms with Crippen LogP contribution < -0.4 is 5.73 Å². The molecule has 0 aromatic heterocycles. The van der Waals surface area contributed by atoms with Crippen molar-refractivity contribution in [1.29, 1.82) is 0 Å². The number of hydrogen-bond acceptors (Lipinski definition) is 2. The Labute approximate surface area is 77.3 Å². The van der Waals surface area contributed by atoms with E-state index in [9.17, 15) is 9.59 Å². The zero-order chi connectivity index (χ0) is 10.2. The molecule has 0 aliphatic heterocycles. The maximum absolute atomic E-state index is 11.6. The third-order valence-corrected chi connectivity index (χ3v) is 2.22. The zero-order valence-corrected chi connectivity index (χ0v) is 8.10. The van der Waals surface area contributed by atoms with E-state index in [0.29, 0.717) is 12.0 Å². The molecule has 70 valence electrons. The van der Waals surface area contributed by atoms with Crippen LogP contribution in [0.4, 0.5) is 0 Å². The Hall–Kier alpha value is -1.38. The average molecular weight is 179 g/mol. The number of hydrogen-bond donors (Lipinski definition) is 1. The molecule has 0 aromatic carbocycles. The van der Waals surface area contributed by atoms with E-state index in [2.05, 4.69) is 0 Å². The van der Waals surface area contributed by atoms with Crippen molar-refractivity contribution in [2.24, 2.45) is 5.73 Å². The Bertz CT molecular complexity index is 344. The highest BCUT2D eigenvalue weighted by Crippen LogP contribution is 2.29. The predicted octanol–water partition coefficient (Wildman–Crippen LogP) is 1.10. The molecule has 1 aliphatic rings. The second-order valence-corrected chi connectivity index (χ2v) is 3.50. The van der Waals surface area contributed by atoms with Gasteiger partial charge in [-0.05, 0) is 27.2 Å². The monoisotopic (exact) mass is 179 g/mol. The van der Waals surface area contributed by atoms with Gasteiger partial charge >= 0.3 is 0 Å². The van der Waals surface area contributed by atoms with Gasteiger partial charge in [0, 0.05) is 5.57 Å². The molecule has 0 fully saturated rings. The third-order valence-electron chi connectivity index (χ3n) is 2.22. The smallest absolute Gasteiger partial charge is 0.252 e. The third kappa shape index (κ3) is 1.54. The lowest BCUT2D eigenvalue weighted by atomic mass is 10.1. The van der Waals surface area contributed by atoms with E-state index in [1.54, 1.807) is 6.92 Å². The Morgan fingerprint density at radius 2 is 1.92 bits per heavy atom. The van der Waals surface area contributed by atoms with E-state index in [0.717, 1.165) is 11.1 Å². The van der Waals surface area contributed by atoms with Crippen molar-refractivity contribution in [3.63, 3.8) is 0 Å². The molecule has 0 bridgehead atoms. The lowest BCUT2D eigenvalue weighted by molar-refractivity contribution is -0.118. The van der Waals surface area contributed by atoms with Crippen LogP contribution in [0.5, 0.6) is 0 Å². The van der Waals surface area contributed by atoms with Crippen molar-refractivity contribution in [2.75, 3.05) is 0 Å². The Morgan fingerprint density at radius 3 is 2.15 bits per heavy atom. The van der Waals surface area contributed by atoms with Crippen molar-refractivity contribution in [2.45, 2.75) is 27.2 Å². The molecule has 0 radical (unpaired) electrons. The first-order chi connectivity index (χ1) is 5.95. The molecule has 0 spiro atoms. The molecule has 1 amide bonds. The number of carbonyl (C=O) groups excluding carboxylic acids is 2. The van der Waals surface area contributed by atoms with E-state index in [1.807, 2.05) is 13.8 Å². The van der Waals surface area contributed by atoms with Crippen LogP contribution in [-0.2, 0) is 9.59 Å². The van der Waals surface area contributed by atoms with E-state index in [1.165, 1.54) is 0 Å². The first-order valence-electron chi connectivity index (χ1n) is 4.15. The number of ketones is 1. The number of amides is 1. The summed E-state index contributed by atoms with van der Waals surface area (Å²) in [5.74, 6) is -0.802. The highest BCUT2D eigenvalue weighted by Gasteiger charge is 2.29. The quantitative estimate of drug-likeness (QED) is 0.484. The maximum atomic E-state index is 11.6. The number of rotatable bonds is 1. The van der Waals surface area contributed by atoms with Gasteiger partial charge < -0.3 is 5.73 Å².